The summed E-state index contributed by atoms with van der Waals surface area (Å²) in [4.78, 5) is 20.5. The third-order valence-electron chi connectivity index (χ3n) is 5.53. The van der Waals surface area contributed by atoms with Gasteiger partial charge in [0.05, 0.1) is 39.5 Å². The fraction of sp³-hybridized carbons (Fsp3) is 0.318. The number of rotatable bonds is 3. The van der Waals surface area contributed by atoms with Crippen molar-refractivity contribution in [1.29, 1.82) is 0 Å². The zero-order valence-corrected chi connectivity index (χ0v) is 15.7. The van der Waals surface area contributed by atoms with Crippen molar-refractivity contribution in [3.63, 3.8) is 0 Å². The maximum Gasteiger partial charge on any atom is 0.124 e. The van der Waals surface area contributed by atoms with Gasteiger partial charge in [-0.1, -0.05) is 18.2 Å². The van der Waals surface area contributed by atoms with E-state index in [2.05, 4.69) is 41.9 Å². The molecule has 136 valence electrons. The smallest absolute Gasteiger partial charge is 0.124 e. The molecule has 1 fully saturated rings. The van der Waals surface area contributed by atoms with Crippen molar-refractivity contribution in [3.8, 4) is 0 Å². The van der Waals surface area contributed by atoms with Crippen molar-refractivity contribution in [1.82, 2.24) is 24.8 Å². The van der Waals surface area contributed by atoms with Gasteiger partial charge in [-0.15, -0.1) is 0 Å². The van der Waals surface area contributed by atoms with Gasteiger partial charge in [0, 0.05) is 6.54 Å². The van der Waals surface area contributed by atoms with Crippen LogP contribution in [0.25, 0.3) is 22.1 Å². The highest BCUT2D eigenvalue weighted by Gasteiger charge is 2.29. The van der Waals surface area contributed by atoms with Crippen LogP contribution in [-0.2, 0) is 6.54 Å². The molecule has 5 nitrogen and oxygen atoms in total. The quantitative estimate of drug-likeness (QED) is 0.588. The van der Waals surface area contributed by atoms with Gasteiger partial charge in [0.1, 0.15) is 5.82 Å². The SMILES string of the molecule is Cc1ccc2nc(C3CCCN3Cc3nc4ccccc4nc3C)[nH]c2c1. The van der Waals surface area contributed by atoms with Gasteiger partial charge in [0.25, 0.3) is 0 Å². The molecule has 2 aromatic carbocycles. The summed E-state index contributed by atoms with van der Waals surface area (Å²) < 4.78 is 0. The number of benzene rings is 2. The minimum absolute atomic E-state index is 0.311. The third kappa shape index (κ3) is 2.98. The van der Waals surface area contributed by atoms with E-state index in [9.17, 15) is 0 Å². The predicted octanol–water partition coefficient (Wildman–Crippen LogP) is 4.46. The minimum Gasteiger partial charge on any atom is -0.341 e. The molecule has 1 aliphatic heterocycles. The lowest BCUT2D eigenvalue weighted by molar-refractivity contribution is 0.238. The third-order valence-corrected chi connectivity index (χ3v) is 5.53. The standard InChI is InChI=1S/C22H23N5/c1-14-9-10-18-19(12-14)26-22(25-18)21-8-5-11-27(21)13-20-15(2)23-16-6-3-4-7-17(16)24-20/h3-4,6-7,9-10,12,21H,5,8,11,13H2,1-2H3,(H,25,26). The van der Waals surface area contributed by atoms with Crippen LogP contribution in [0.3, 0.4) is 0 Å². The van der Waals surface area contributed by atoms with Gasteiger partial charge >= 0.3 is 0 Å². The molecule has 1 saturated heterocycles. The number of aromatic nitrogens is 4. The second-order valence-corrected chi connectivity index (χ2v) is 7.52. The Morgan fingerprint density at radius 3 is 2.67 bits per heavy atom. The topological polar surface area (TPSA) is 57.7 Å². The number of likely N-dealkylation sites (tertiary alicyclic amines) is 1. The summed E-state index contributed by atoms with van der Waals surface area (Å²) in [5.41, 5.74) is 7.43. The van der Waals surface area contributed by atoms with E-state index in [4.69, 9.17) is 15.0 Å². The minimum atomic E-state index is 0.311. The first-order valence-corrected chi connectivity index (χ1v) is 9.60. The van der Waals surface area contributed by atoms with Crippen molar-refractivity contribution in [3.05, 3.63) is 65.2 Å². The molecule has 1 aliphatic rings. The Hall–Kier alpha value is -2.79. The highest BCUT2D eigenvalue weighted by atomic mass is 15.2. The number of hydrogen-bond donors (Lipinski definition) is 1. The van der Waals surface area contributed by atoms with Crippen LogP contribution in [0.2, 0.25) is 0 Å². The summed E-state index contributed by atoms with van der Waals surface area (Å²) in [6.07, 6.45) is 2.31. The molecule has 0 aliphatic carbocycles. The van der Waals surface area contributed by atoms with E-state index in [0.29, 0.717) is 6.04 Å². The molecular formula is C22H23N5. The molecule has 1 N–H and O–H groups in total. The maximum atomic E-state index is 4.89. The highest BCUT2D eigenvalue weighted by molar-refractivity contribution is 5.76. The molecule has 5 rings (SSSR count). The number of H-pyrrole nitrogens is 1. The number of aryl methyl sites for hydroxylation is 2. The molecule has 0 radical (unpaired) electrons. The summed E-state index contributed by atoms with van der Waals surface area (Å²) in [6, 6.07) is 14.8. The van der Waals surface area contributed by atoms with E-state index in [-0.39, 0.29) is 0 Å². The molecular weight excluding hydrogens is 334 g/mol. The molecule has 1 unspecified atom stereocenters. The summed E-state index contributed by atoms with van der Waals surface area (Å²) in [7, 11) is 0. The van der Waals surface area contributed by atoms with Gasteiger partial charge in [-0.25, -0.2) is 15.0 Å². The van der Waals surface area contributed by atoms with E-state index < -0.39 is 0 Å². The Balaban J connectivity index is 1.46. The molecule has 0 amide bonds. The Bertz CT molecular complexity index is 1130. The number of para-hydroxylation sites is 2. The molecule has 0 spiro atoms. The van der Waals surface area contributed by atoms with Gasteiger partial charge in [-0.3, -0.25) is 4.90 Å². The number of aromatic amines is 1. The maximum absolute atomic E-state index is 4.89. The van der Waals surface area contributed by atoms with E-state index in [0.717, 1.165) is 58.8 Å². The monoisotopic (exact) mass is 357 g/mol. The van der Waals surface area contributed by atoms with Gasteiger partial charge in [-0.05, 0) is 63.1 Å². The molecule has 5 heteroatoms. The molecule has 0 bridgehead atoms. The van der Waals surface area contributed by atoms with Crippen molar-refractivity contribution < 1.29 is 0 Å². The van der Waals surface area contributed by atoms with E-state index >= 15 is 0 Å². The highest BCUT2D eigenvalue weighted by Crippen LogP contribution is 2.33. The average molecular weight is 357 g/mol. The zero-order chi connectivity index (χ0) is 18.4. The van der Waals surface area contributed by atoms with E-state index in [1.54, 1.807) is 0 Å². The first kappa shape index (κ1) is 16.4. The van der Waals surface area contributed by atoms with Crippen LogP contribution in [0.4, 0.5) is 0 Å². The van der Waals surface area contributed by atoms with Gasteiger partial charge in [-0.2, -0.15) is 0 Å². The number of fused-ring (bicyclic) bond motifs is 2. The Labute approximate surface area is 158 Å². The average Bonchev–Trinajstić information content (AvgIpc) is 3.28. The van der Waals surface area contributed by atoms with Crippen molar-refractivity contribution in [2.75, 3.05) is 6.54 Å². The van der Waals surface area contributed by atoms with Crippen LogP contribution in [0, 0.1) is 13.8 Å². The fourth-order valence-electron chi connectivity index (χ4n) is 4.09. The van der Waals surface area contributed by atoms with Crippen LogP contribution >= 0.6 is 0 Å². The predicted molar refractivity (Wildman–Crippen MR) is 107 cm³/mol. The van der Waals surface area contributed by atoms with Gasteiger partial charge < -0.3 is 4.98 Å². The van der Waals surface area contributed by atoms with Crippen molar-refractivity contribution in [2.24, 2.45) is 0 Å². The van der Waals surface area contributed by atoms with Crippen LogP contribution in [0.15, 0.2) is 42.5 Å². The first-order chi connectivity index (χ1) is 13.2. The zero-order valence-electron chi connectivity index (χ0n) is 15.7. The normalized spacial score (nSPS) is 17.9. The Morgan fingerprint density at radius 1 is 1.00 bits per heavy atom. The first-order valence-electron chi connectivity index (χ1n) is 9.60. The Kier molecular flexibility index (Phi) is 3.90. The largest absolute Gasteiger partial charge is 0.341 e. The molecule has 1 atom stereocenters. The summed E-state index contributed by atoms with van der Waals surface area (Å²) in [5.74, 6) is 1.07. The molecule has 27 heavy (non-hydrogen) atoms. The lowest BCUT2D eigenvalue weighted by atomic mass is 10.2. The summed E-state index contributed by atoms with van der Waals surface area (Å²) in [5, 5.41) is 0. The van der Waals surface area contributed by atoms with Gasteiger partial charge in [0.15, 0.2) is 0 Å². The van der Waals surface area contributed by atoms with Gasteiger partial charge in [0.2, 0.25) is 0 Å². The fourth-order valence-corrected chi connectivity index (χ4v) is 4.09. The molecule has 4 aromatic rings. The van der Waals surface area contributed by atoms with Crippen LogP contribution < -0.4 is 0 Å². The Morgan fingerprint density at radius 2 is 1.81 bits per heavy atom. The molecule has 2 aromatic heterocycles. The van der Waals surface area contributed by atoms with Crippen LogP contribution in [0.5, 0.6) is 0 Å². The molecule has 3 heterocycles. The number of nitrogens with one attached hydrogen (secondary N) is 1. The lowest BCUT2D eigenvalue weighted by Crippen LogP contribution is -2.24. The van der Waals surface area contributed by atoms with E-state index in [1.807, 2.05) is 24.3 Å². The number of hydrogen-bond acceptors (Lipinski definition) is 4. The van der Waals surface area contributed by atoms with Crippen LogP contribution in [-0.4, -0.2) is 31.4 Å². The summed E-state index contributed by atoms with van der Waals surface area (Å²) >= 11 is 0. The number of nitrogens with zero attached hydrogens (tertiary/aromatic N) is 4. The lowest BCUT2D eigenvalue weighted by Gasteiger charge is -2.23. The summed E-state index contributed by atoms with van der Waals surface area (Å²) in [6.45, 7) is 6.05. The second kappa shape index (κ2) is 6.43. The van der Waals surface area contributed by atoms with Crippen molar-refractivity contribution in [2.45, 2.75) is 39.3 Å². The van der Waals surface area contributed by atoms with Crippen molar-refractivity contribution >= 4 is 22.1 Å². The number of imidazole rings is 1. The van der Waals surface area contributed by atoms with Crippen LogP contribution in [0.1, 0.15) is 41.7 Å². The second-order valence-electron chi connectivity index (χ2n) is 7.52. The van der Waals surface area contributed by atoms with E-state index in [1.165, 1.54) is 12.0 Å². The molecule has 0 saturated carbocycles.